The molecule has 35 heavy (non-hydrogen) atoms. The summed E-state index contributed by atoms with van der Waals surface area (Å²) in [5.41, 5.74) is 6.34. The number of anilines is 2. The number of esters is 1. The largest absolute Gasteiger partial charge is 0.461 e. The van der Waals surface area contributed by atoms with Gasteiger partial charge in [-0.05, 0) is 45.1 Å². The lowest BCUT2D eigenvalue weighted by molar-refractivity contribution is -0.137. The Hall–Kier alpha value is -3.86. The Bertz CT molecular complexity index is 1350. The second kappa shape index (κ2) is 13.8. The first-order valence-corrected chi connectivity index (χ1v) is 12.1. The van der Waals surface area contributed by atoms with E-state index < -0.39 is 5.97 Å². The average Bonchev–Trinajstić information content (AvgIpc) is 3.15. The number of hydrogen-bond acceptors (Lipinski definition) is 8. The third-order valence-electron chi connectivity index (χ3n) is 4.87. The zero-order valence-corrected chi connectivity index (χ0v) is 21.1. The van der Waals surface area contributed by atoms with Crippen LogP contribution in [0.25, 0.3) is 11.5 Å². The van der Waals surface area contributed by atoms with Gasteiger partial charge in [0.2, 0.25) is 5.91 Å². The van der Waals surface area contributed by atoms with Crippen molar-refractivity contribution < 1.29 is 14.3 Å². The minimum atomic E-state index is -0.787. The van der Waals surface area contributed by atoms with Crippen molar-refractivity contribution in [2.75, 3.05) is 36.9 Å². The van der Waals surface area contributed by atoms with Gasteiger partial charge in [-0.25, -0.2) is 4.79 Å². The summed E-state index contributed by atoms with van der Waals surface area (Å²) in [6, 6.07) is 8.95. The van der Waals surface area contributed by atoms with Gasteiger partial charge in [-0.15, -0.1) is 0 Å². The van der Waals surface area contributed by atoms with E-state index in [4.69, 9.17) is 4.74 Å². The fourth-order valence-electron chi connectivity index (χ4n) is 3.04. The summed E-state index contributed by atoms with van der Waals surface area (Å²) in [6.45, 7) is 9.81. The number of ether oxygens (including phenoxy) is 1. The minimum Gasteiger partial charge on any atom is -0.461 e. The average molecular weight is 496 g/mol. The van der Waals surface area contributed by atoms with Crippen molar-refractivity contribution >= 4 is 46.1 Å². The van der Waals surface area contributed by atoms with Crippen molar-refractivity contribution in [3.8, 4) is 6.07 Å². The van der Waals surface area contributed by atoms with Gasteiger partial charge in [0, 0.05) is 24.1 Å². The van der Waals surface area contributed by atoms with Gasteiger partial charge in [-0.1, -0.05) is 42.7 Å². The number of rotatable bonds is 10. The van der Waals surface area contributed by atoms with Crippen LogP contribution >= 0.6 is 11.3 Å². The van der Waals surface area contributed by atoms with E-state index in [-0.39, 0.29) is 28.2 Å². The zero-order chi connectivity index (χ0) is 25.8. The number of aromatic nitrogens is 1. The summed E-state index contributed by atoms with van der Waals surface area (Å²) in [7, 11) is 0. The Morgan fingerprint density at radius 2 is 1.91 bits per heavy atom. The fourth-order valence-corrected chi connectivity index (χ4v) is 4.02. The molecule has 2 N–H and O–H groups in total. The highest BCUT2D eigenvalue weighted by atomic mass is 32.1. The summed E-state index contributed by atoms with van der Waals surface area (Å²) >= 11 is 1.06. The molecular weight excluding hydrogens is 466 g/mol. The summed E-state index contributed by atoms with van der Waals surface area (Å²) < 4.78 is 6.87. The van der Waals surface area contributed by atoms with Gasteiger partial charge in [0.15, 0.2) is 5.57 Å². The van der Waals surface area contributed by atoms with Crippen molar-refractivity contribution in [2.24, 2.45) is 0 Å². The second-order valence-corrected chi connectivity index (χ2v) is 8.14. The van der Waals surface area contributed by atoms with Gasteiger partial charge >= 0.3 is 5.97 Å². The number of hydrogen-bond donors (Lipinski definition) is 2. The smallest absolute Gasteiger partial charge is 0.357 e. The van der Waals surface area contributed by atoms with Crippen LogP contribution in [0.2, 0.25) is 0 Å². The van der Waals surface area contributed by atoms with E-state index in [2.05, 4.69) is 22.1 Å². The number of likely N-dealkylation sites (N-methyl/N-ethyl adjacent to an activating group) is 1. The maximum Gasteiger partial charge on any atom is 0.357 e. The topological polar surface area (TPSA) is 116 Å². The van der Waals surface area contributed by atoms with Crippen LogP contribution in [-0.2, 0) is 20.9 Å². The molecule has 1 amide bonds. The van der Waals surface area contributed by atoms with Crippen molar-refractivity contribution in [2.45, 2.75) is 34.2 Å². The lowest BCUT2D eigenvalue weighted by Gasteiger charge is -2.17. The van der Waals surface area contributed by atoms with E-state index in [9.17, 15) is 19.6 Å². The molecule has 0 fully saturated rings. The molecule has 9 nitrogen and oxygen atoms in total. The van der Waals surface area contributed by atoms with Crippen LogP contribution in [-0.4, -0.2) is 47.6 Å². The van der Waals surface area contributed by atoms with Gasteiger partial charge in [0.25, 0.3) is 5.56 Å². The standard InChI is InChI=1S/C25H29N5O4S/c1-5-29(6-2)17-22(31)28-20-11-9-10-19(15-20)27-13-12-21-24(32)30(7-3)23(35-21)14-18(16-26)25(33)34-8-4/h9-11,13,15,27H,5-8,17H2,1-4H3,(H,28,31). The quantitative estimate of drug-likeness (QED) is 0.292. The Morgan fingerprint density at radius 1 is 1.20 bits per heavy atom. The molecule has 1 aromatic carbocycles. The van der Waals surface area contributed by atoms with E-state index in [0.717, 1.165) is 24.4 Å². The molecule has 0 spiro atoms. The number of carbonyl (C=O) groups excluding carboxylic acids is 2. The summed E-state index contributed by atoms with van der Waals surface area (Å²) in [5, 5.41) is 15.2. The van der Waals surface area contributed by atoms with E-state index >= 15 is 0 Å². The predicted molar refractivity (Wildman–Crippen MR) is 137 cm³/mol. The molecular formula is C25H29N5O4S. The van der Waals surface area contributed by atoms with Gasteiger partial charge in [0.05, 0.1) is 13.2 Å². The van der Waals surface area contributed by atoms with Crippen LogP contribution in [0.4, 0.5) is 11.4 Å². The van der Waals surface area contributed by atoms with Gasteiger partial charge in [-0.2, -0.15) is 5.26 Å². The first kappa shape index (κ1) is 27.4. The Balaban J connectivity index is 2.33. The number of nitrogens with one attached hydrogen (secondary N) is 2. The highest BCUT2D eigenvalue weighted by Crippen LogP contribution is 2.15. The Kier molecular flexibility index (Phi) is 10.8. The molecule has 0 aliphatic carbocycles. The molecule has 2 rings (SSSR count). The van der Waals surface area contributed by atoms with Gasteiger partial charge in [0.1, 0.15) is 15.3 Å². The first-order valence-electron chi connectivity index (χ1n) is 11.3. The highest BCUT2D eigenvalue weighted by Gasteiger charge is 2.10. The van der Waals surface area contributed by atoms with Crippen LogP contribution in [0.1, 0.15) is 27.7 Å². The predicted octanol–water partition coefficient (Wildman–Crippen LogP) is 1.61. The van der Waals surface area contributed by atoms with Crippen LogP contribution in [0.3, 0.4) is 0 Å². The van der Waals surface area contributed by atoms with Gasteiger partial charge < -0.3 is 15.4 Å². The number of carbonyl (C=O) groups is 2. The highest BCUT2D eigenvalue weighted by molar-refractivity contribution is 7.07. The molecule has 0 bridgehead atoms. The lowest BCUT2D eigenvalue weighted by atomic mass is 10.2. The van der Waals surface area contributed by atoms with Crippen molar-refractivity contribution in [1.29, 1.82) is 5.26 Å². The van der Waals surface area contributed by atoms with Crippen molar-refractivity contribution in [3.05, 3.63) is 55.6 Å². The number of nitrogens with zero attached hydrogens (tertiary/aromatic N) is 3. The third-order valence-corrected chi connectivity index (χ3v) is 5.89. The zero-order valence-electron chi connectivity index (χ0n) is 20.3. The molecule has 0 saturated carbocycles. The Morgan fingerprint density at radius 3 is 2.54 bits per heavy atom. The molecule has 0 saturated heterocycles. The second-order valence-electron chi connectivity index (χ2n) is 7.14. The summed E-state index contributed by atoms with van der Waals surface area (Å²) in [5.74, 6) is -0.881. The molecule has 0 aliphatic rings. The van der Waals surface area contributed by atoms with E-state index in [0.29, 0.717) is 29.1 Å². The third kappa shape index (κ3) is 7.85. The van der Waals surface area contributed by atoms with Crippen LogP contribution in [0.15, 0.2) is 40.8 Å². The van der Waals surface area contributed by atoms with Crippen LogP contribution in [0.5, 0.6) is 0 Å². The monoisotopic (exact) mass is 495 g/mol. The molecule has 0 aliphatic heterocycles. The van der Waals surface area contributed by atoms with Crippen LogP contribution in [0, 0.1) is 11.3 Å². The normalized spacial score (nSPS) is 10.1. The molecule has 0 radical (unpaired) electrons. The van der Waals surface area contributed by atoms with Gasteiger partial charge in [-0.3, -0.25) is 19.1 Å². The lowest BCUT2D eigenvalue weighted by Crippen LogP contribution is -2.32. The number of thiazole rings is 1. The maximum atomic E-state index is 12.7. The molecule has 0 atom stereocenters. The van der Waals surface area contributed by atoms with Crippen LogP contribution < -0.4 is 25.4 Å². The SMILES string of the molecule is CCOC(=O)C(=C=c1sc(=C=CNc2cccc(NC(=O)CN(CC)CC)c2)c(=O)n1CC)C#N. The number of nitriles is 1. The molecule has 184 valence electrons. The number of amides is 1. The molecule has 0 unspecified atom stereocenters. The minimum absolute atomic E-state index is 0.0944. The molecule has 10 heteroatoms. The summed E-state index contributed by atoms with van der Waals surface area (Å²) in [4.78, 5) is 38.9. The number of benzene rings is 1. The summed E-state index contributed by atoms with van der Waals surface area (Å²) in [6.07, 6.45) is 1.49. The molecule has 1 aromatic heterocycles. The van der Waals surface area contributed by atoms with E-state index in [1.807, 2.05) is 24.8 Å². The van der Waals surface area contributed by atoms with E-state index in [1.54, 1.807) is 38.1 Å². The van der Waals surface area contributed by atoms with Crippen molar-refractivity contribution in [1.82, 2.24) is 9.47 Å². The molecule has 2 aromatic rings. The van der Waals surface area contributed by atoms with Crippen molar-refractivity contribution in [3.63, 3.8) is 0 Å². The fraction of sp³-hybridized carbons (Fsp3) is 0.360. The maximum absolute atomic E-state index is 12.7. The van der Waals surface area contributed by atoms with E-state index in [1.165, 1.54) is 10.8 Å². The molecule has 1 heterocycles. The first-order chi connectivity index (χ1) is 16.9. The Labute approximate surface area is 207 Å².